The third-order valence-electron chi connectivity index (χ3n) is 6.61. The van der Waals surface area contributed by atoms with Crippen molar-refractivity contribution in [1.29, 1.82) is 0 Å². The molecule has 2 aliphatic rings. The number of carbonyl (C=O) groups excluding carboxylic acids is 1. The summed E-state index contributed by atoms with van der Waals surface area (Å²) in [5.74, 6) is 2.48. The minimum absolute atomic E-state index is 0.0956. The van der Waals surface area contributed by atoms with Crippen molar-refractivity contribution < 1.29 is 14.1 Å². The zero-order valence-corrected chi connectivity index (χ0v) is 18.5. The van der Waals surface area contributed by atoms with Gasteiger partial charge in [0.25, 0.3) is 0 Å². The normalized spacial score (nSPS) is 19.5. The van der Waals surface area contributed by atoms with Crippen LogP contribution in [0.4, 0.5) is 0 Å². The second kappa shape index (κ2) is 8.77. The van der Waals surface area contributed by atoms with Gasteiger partial charge in [-0.15, -0.1) is 0 Å². The zero-order chi connectivity index (χ0) is 22.0. The van der Waals surface area contributed by atoms with Gasteiger partial charge in [-0.05, 0) is 55.9 Å². The molecule has 2 fully saturated rings. The molecule has 1 amide bonds. The van der Waals surface area contributed by atoms with Crippen LogP contribution >= 0.6 is 0 Å². The van der Waals surface area contributed by atoms with Gasteiger partial charge in [-0.25, -0.2) is 0 Å². The van der Waals surface area contributed by atoms with Crippen LogP contribution in [0, 0.1) is 6.92 Å². The molecule has 1 unspecified atom stereocenters. The molecule has 2 heterocycles. The highest BCUT2D eigenvalue weighted by Crippen LogP contribution is 2.50. The maximum Gasteiger partial charge on any atom is 0.233 e. The maximum absolute atomic E-state index is 13.4. The van der Waals surface area contributed by atoms with Crippen LogP contribution in [0.2, 0.25) is 0 Å². The number of nitrogens with zero attached hydrogens (tertiary/aromatic N) is 3. The standard InChI is InChI=1S/C26H29N3O3/c1-19-7-5-11-22(17-19)31-16-12-23-27-24(32-28-23)20-8-6-15-29(18-20)25(30)26(13-14-26)21-9-3-2-4-10-21/h2-5,7,9-11,17,20H,6,8,12-16,18H2,1H3. The van der Waals surface area contributed by atoms with E-state index in [1.54, 1.807) is 0 Å². The summed E-state index contributed by atoms with van der Waals surface area (Å²) >= 11 is 0. The van der Waals surface area contributed by atoms with E-state index < -0.39 is 0 Å². The van der Waals surface area contributed by atoms with E-state index in [1.165, 1.54) is 5.56 Å². The fourth-order valence-corrected chi connectivity index (χ4v) is 4.67. The molecule has 6 nitrogen and oxygen atoms in total. The number of amides is 1. The van der Waals surface area contributed by atoms with E-state index in [0.29, 0.717) is 31.3 Å². The van der Waals surface area contributed by atoms with Crippen LogP contribution in [0.25, 0.3) is 0 Å². The van der Waals surface area contributed by atoms with Crippen molar-refractivity contribution in [2.24, 2.45) is 0 Å². The number of benzene rings is 2. The molecule has 6 heteroatoms. The topological polar surface area (TPSA) is 68.5 Å². The summed E-state index contributed by atoms with van der Waals surface area (Å²) in [6.07, 6.45) is 4.37. The van der Waals surface area contributed by atoms with E-state index in [4.69, 9.17) is 9.26 Å². The minimum atomic E-state index is -0.323. The first kappa shape index (κ1) is 20.7. The number of aromatic nitrogens is 2. The lowest BCUT2D eigenvalue weighted by atomic mass is 9.91. The molecule has 1 saturated heterocycles. The Bertz CT molecular complexity index is 1070. The zero-order valence-electron chi connectivity index (χ0n) is 18.5. The minimum Gasteiger partial charge on any atom is -0.493 e. The predicted octanol–water partition coefficient (Wildman–Crippen LogP) is 4.44. The second-order valence-corrected chi connectivity index (χ2v) is 9.00. The molecule has 1 aliphatic carbocycles. The van der Waals surface area contributed by atoms with E-state index in [0.717, 1.165) is 43.5 Å². The summed E-state index contributed by atoms with van der Waals surface area (Å²) in [6.45, 7) is 3.99. The van der Waals surface area contributed by atoms with Gasteiger partial charge in [-0.1, -0.05) is 47.6 Å². The van der Waals surface area contributed by atoms with Gasteiger partial charge in [0.15, 0.2) is 5.82 Å². The molecule has 5 rings (SSSR count). The Hall–Kier alpha value is -3.15. The van der Waals surface area contributed by atoms with Crippen LogP contribution in [0.3, 0.4) is 0 Å². The van der Waals surface area contributed by atoms with E-state index >= 15 is 0 Å². The number of aryl methyl sites for hydroxylation is 1. The fraction of sp³-hybridized carbons (Fsp3) is 0.423. The van der Waals surface area contributed by atoms with E-state index in [-0.39, 0.29) is 17.2 Å². The Morgan fingerprint density at radius 2 is 2.03 bits per heavy atom. The Kier molecular flexibility index (Phi) is 5.68. The van der Waals surface area contributed by atoms with Crippen molar-refractivity contribution in [2.75, 3.05) is 19.7 Å². The molecule has 3 aromatic rings. The third-order valence-corrected chi connectivity index (χ3v) is 6.61. The predicted molar refractivity (Wildman–Crippen MR) is 121 cm³/mol. The fourth-order valence-electron chi connectivity index (χ4n) is 4.67. The highest BCUT2D eigenvalue weighted by Gasteiger charge is 2.53. The van der Waals surface area contributed by atoms with Crippen molar-refractivity contribution in [3.63, 3.8) is 0 Å². The summed E-state index contributed by atoms with van der Waals surface area (Å²) in [6, 6.07) is 18.2. The van der Waals surface area contributed by atoms with Crippen molar-refractivity contribution in [3.8, 4) is 5.75 Å². The van der Waals surface area contributed by atoms with Crippen molar-refractivity contribution in [2.45, 2.75) is 50.4 Å². The molecule has 1 atom stereocenters. The number of likely N-dealkylation sites (tertiary alicyclic amines) is 1. The van der Waals surface area contributed by atoms with Gasteiger partial charge >= 0.3 is 0 Å². The lowest BCUT2D eigenvalue weighted by molar-refractivity contribution is -0.135. The first-order valence-corrected chi connectivity index (χ1v) is 11.5. The number of hydrogen-bond acceptors (Lipinski definition) is 5. The molecule has 1 saturated carbocycles. The largest absolute Gasteiger partial charge is 0.493 e. The number of ether oxygens (including phenoxy) is 1. The summed E-state index contributed by atoms with van der Waals surface area (Å²) in [4.78, 5) is 20.0. The smallest absolute Gasteiger partial charge is 0.233 e. The summed E-state index contributed by atoms with van der Waals surface area (Å²) < 4.78 is 11.4. The van der Waals surface area contributed by atoms with Gasteiger partial charge in [0, 0.05) is 19.5 Å². The van der Waals surface area contributed by atoms with Crippen LogP contribution in [0.15, 0.2) is 59.1 Å². The van der Waals surface area contributed by atoms with Gasteiger partial charge in [0.05, 0.1) is 17.9 Å². The average molecular weight is 432 g/mol. The van der Waals surface area contributed by atoms with Gasteiger partial charge in [-0.2, -0.15) is 4.98 Å². The SMILES string of the molecule is Cc1cccc(OCCc2noc(C3CCCN(C(=O)C4(c5ccccc5)CC4)C3)n2)c1. The van der Waals surface area contributed by atoms with Crippen molar-refractivity contribution >= 4 is 5.91 Å². The molecule has 0 spiro atoms. The van der Waals surface area contributed by atoms with Crippen LogP contribution in [0.5, 0.6) is 5.75 Å². The van der Waals surface area contributed by atoms with Gasteiger partial charge in [0.1, 0.15) is 5.75 Å². The third kappa shape index (κ3) is 4.27. The number of hydrogen-bond donors (Lipinski definition) is 0. The molecule has 166 valence electrons. The number of rotatable bonds is 7. The van der Waals surface area contributed by atoms with Gasteiger partial charge in [-0.3, -0.25) is 4.79 Å². The van der Waals surface area contributed by atoms with Crippen molar-refractivity contribution in [3.05, 3.63) is 77.4 Å². The highest BCUT2D eigenvalue weighted by molar-refractivity contribution is 5.91. The lowest BCUT2D eigenvalue weighted by Gasteiger charge is -2.34. The molecular weight excluding hydrogens is 402 g/mol. The Labute approximate surface area is 188 Å². The monoisotopic (exact) mass is 431 g/mol. The van der Waals surface area contributed by atoms with Gasteiger partial charge in [0.2, 0.25) is 11.8 Å². The second-order valence-electron chi connectivity index (χ2n) is 9.00. The lowest BCUT2D eigenvalue weighted by Crippen LogP contribution is -2.44. The molecular formula is C26H29N3O3. The van der Waals surface area contributed by atoms with Crippen LogP contribution in [0.1, 0.15) is 54.4 Å². The van der Waals surface area contributed by atoms with Crippen LogP contribution in [-0.2, 0) is 16.6 Å². The summed E-state index contributed by atoms with van der Waals surface area (Å²) in [7, 11) is 0. The maximum atomic E-state index is 13.4. The van der Waals surface area contributed by atoms with Gasteiger partial charge < -0.3 is 14.2 Å². The van der Waals surface area contributed by atoms with Crippen LogP contribution < -0.4 is 4.74 Å². The highest BCUT2D eigenvalue weighted by atomic mass is 16.5. The molecule has 2 aromatic carbocycles. The molecule has 0 N–H and O–H groups in total. The Morgan fingerprint density at radius 3 is 2.81 bits per heavy atom. The summed E-state index contributed by atoms with van der Waals surface area (Å²) in [5.41, 5.74) is 1.98. The molecule has 32 heavy (non-hydrogen) atoms. The average Bonchev–Trinajstić information content (AvgIpc) is 3.51. The first-order valence-electron chi connectivity index (χ1n) is 11.5. The quantitative estimate of drug-likeness (QED) is 0.553. The van der Waals surface area contributed by atoms with Crippen molar-refractivity contribution in [1.82, 2.24) is 15.0 Å². The van der Waals surface area contributed by atoms with E-state index in [9.17, 15) is 4.79 Å². The molecule has 0 radical (unpaired) electrons. The first-order chi connectivity index (χ1) is 15.6. The summed E-state index contributed by atoms with van der Waals surface area (Å²) in [5, 5.41) is 4.15. The van der Waals surface area contributed by atoms with E-state index in [1.807, 2.05) is 54.3 Å². The number of carbonyl (C=O) groups is 1. The molecule has 0 bridgehead atoms. The van der Waals surface area contributed by atoms with Crippen LogP contribution in [-0.4, -0.2) is 40.6 Å². The Morgan fingerprint density at radius 1 is 1.19 bits per heavy atom. The van der Waals surface area contributed by atoms with E-state index in [2.05, 4.69) is 22.3 Å². The molecule has 1 aliphatic heterocycles. The number of piperidine rings is 1. The Balaban J connectivity index is 1.19. The molecule has 1 aromatic heterocycles.